The molecule has 0 saturated carbocycles. The molecular formula is C22H18N4O. The number of rotatable bonds is 5. The minimum atomic E-state index is -0.0676. The highest BCUT2D eigenvalue weighted by molar-refractivity contribution is 5.93. The summed E-state index contributed by atoms with van der Waals surface area (Å²) in [5.41, 5.74) is 3.42. The van der Waals surface area contributed by atoms with Gasteiger partial charge in [0, 0.05) is 11.6 Å². The number of nitrogens with zero attached hydrogens (tertiary/aromatic N) is 2. The van der Waals surface area contributed by atoms with E-state index < -0.39 is 0 Å². The monoisotopic (exact) mass is 354 g/mol. The molecule has 0 aliphatic rings. The third kappa shape index (κ3) is 4.10. The molecule has 0 aliphatic heterocycles. The Hall–Kier alpha value is -3.73. The Morgan fingerprint density at radius 3 is 2.52 bits per heavy atom. The highest BCUT2D eigenvalue weighted by Crippen LogP contribution is 2.24. The van der Waals surface area contributed by atoms with E-state index in [1.54, 1.807) is 12.4 Å². The Balaban J connectivity index is 1.43. The first-order valence-corrected chi connectivity index (χ1v) is 8.68. The van der Waals surface area contributed by atoms with Gasteiger partial charge in [-0.1, -0.05) is 48.5 Å². The Kier molecular flexibility index (Phi) is 4.74. The molecule has 4 aromatic rings. The molecule has 132 valence electrons. The lowest BCUT2D eigenvalue weighted by Crippen LogP contribution is -2.14. The summed E-state index contributed by atoms with van der Waals surface area (Å²) in [5.74, 6) is 0.621. The molecule has 2 aromatic heterocycles. The Morgan fingerprint density at radius 1 is 0.852 bits per heavy atom. The summed E-state index contributed by atoms with van der Waals surface area (Å²) in [6, 6.07) is 23.2. The summed E-state index contributed by atoms with van der Waals surface area (Å²) in [6.45, 7) is 0. The van der Waals surface area contributed by atoms with E-state index in [0.717, 1.165) is 22.2 Å². The molecule has 5 heteroatoms. The first-order valence-electron chi connectivity index (χ1n) is 8.68. The SMILES string of the molecule is O=C(Cc1ccccc1)Nc1ccc(Nc2cccc3cccnc23)nc1. The summed E-state index contributed by atoms with van der Waals surface area (Å²) in [6.07, 6.45) is 3.75. The van der Waals surface area contributed by atoms with Gasteiger partial charge in [-0.15, -0.1) is 0 Å². The van der Waals surface area contributed by atoms with E-state index in [9.17, 15) is 4.79 Å². The predicted molar refractivity (Wildman–Crippen MR) is 108 cm³/mol. The van der Waals surface area contributed by atoms with Crippen molar-refractivity contribution in [2.24, 2.45) is 0 Å². The van der Waals surface area contributed by atoms with Crippen molar-refractivity contribution < 1.29 is 4.79 Å². The highest BCUT2D eigenvalue weighted by Gasteiger charge is 2.06. The molecule has 1 amide bonds. The molecule has 0 radical (unpaired) electrons. The summed E-state index contributed by atoms with van der Waals surface area (Å²) in [7, 11) is 0. The van der Waals surface area contributed by atoms with E-state index in [1.807, 2.05) is 72.8 Å². The minimum Gasteiger partial charge on any atom is -0.338 e. The second-order valence-electron chi connectivity index (χ2n) is 6.15. The van der Waals surface area contributed by atoms with Gasteiger partial charge in [0.1, 0.15) is 5.82 Å². The van der Waals surface area contributed by atoms with E-state index >= 15 is 0 Å². The number of nitrogens with one attached hydrogen (secondary N) is 2. The van der Waals surface area contributed by atoms with E-state index in [2.05, 4.69) is 20.6 Å². The van der Waals surface area contributed by atoms with Gasteiger partial charge in [-0.3, -0.25) is 9.78 Å². The zero-order valence-electron chi connectivity index (χ0n) is 14.6. The Bertz CT molecular complexity index is 1060. The van der Waals surface area contributed by atoms with Crippen LogP contribution in [-0.2, 0) is 11.2 Å². The van der Waals surface area contributed by atoms with Crippen LogP contribution in [0, 0.1) is 0 Å². The van der Waals surface area contributed by atoms with Crippen molar-refractivity contribution in [1.29, 1.82) is 0 Å². The average Bonchev–Trinajstić information content (AvgIpc) is 2.70. The average molecular weight is 354 g/mol. The molecule has 2 N–H and O–H groups in total. The summed E-state index contributed by atoms with van der Waals surface area (Å²) < 4.78 is 0. The molecule has 0 bridgehead atoms. The number of hydrogen-bond acceptors (Lipinski definition) is 4. The van der Waals surface area contributed by atoms with Crippen LogP contribution in [0.5, 0.6) is 0 Å². The zero-order valence-corrected chi connectivity index (χ0v) is 14.6. The molecular weight excluding hydrogens is 336 g/mol. The number of amides is 1. The lowest BCUT2D eigenvalue weighted by molar-refractivity contribution is -0.115. The topological polar surface area (TPSA) is 66.9 Å². The van der Waals surface area contributed by atoms with Crippen molar-refractivity contribution in [3.8, 4) is 0 Å². The lowest BCUT2D eigenvalue weighted by atomic mass is 10.1. The normalized spacial score (nSPS) is 10.5. The molecule has 0 spiro atoms. The second-order valence-corrected chi connectivity index (χ2v) is 6.15. The van der Waals surface area contributed by atoms with Gasteiger partial charge in [0.2, 0.25) is 5.91 Å². The first kappa shape index (κ1) is 16.7. The number of carbonyl (C=O) groups excluding carboxylic acids is 1. The molecule has 2 heterocycles. The molecule has 0 fully saturated rings. The van der Waals surface area contributed by atoms with Gasteiger partial charge in [-0.25, -0.2) is 4.98 Å². The molecule has 0 unspecified atom stereocenters. The van der Waals surface area contributed by atoms with Crippen LogP contribution in [0.1, 0.15) is 5.56 Å². The van der Waals surface area contributed by atoms with Gasteiger partial charge in [0.25, 0.3) is 0 Å². The molecule has 0 atom stereocenters. The van der Waals surface area contributed by atoms with Gasteiger partial charge in [0.05, 0.1) is 29.5 Å². The predicted octanol–water partition coefficient (Wildman–Crippen LogP) is 4.55. The Morgan fingerprint density at radius 2 is 1.70 bits per heavy atom. The maximum atomic E-state index is 12.1. The van der Waals surface area contributed by atoms with E-state index in [-0.39, 0.29) is 5.91 Å². The van der Waals surface area contributed by atoms with Crippen LogP contribution in [0.25, 0.3) is 10.9 Å². The van der Waals surface area contributed by atoms with Crippen LogP contribution in [-0.4, -0.2) is 15.9 Å². The van der Waals surface area contributed by atoms with Crippen molar-refractivity contribution in [2.45, 2.75) is 6.42 Å². The standard InChI is InChI=1S/C22H18N4O/c27-21(14-16-6-2-1-3-7-16)25-18-11-12-20(24-15-18)26-19-10-4-8-17-9-5-13-23-22(17)19/h1-13,15H,14H2,(H,24,26)(H,25,27). The number of hydrogen-bond donors (Lipinski definition) is 2. The molecule has 27 heavy (non-hydrogen) atoms. The summed E-state index contributed by atoms with van der Waals surface area (Å²) in [4.78, 5) is 21.0. The van der Waals surface area contributed by atoms with E-state index in [4.69, 9.17) is 0 Å². The third-order valence-corrected chi connectivity index (χ3v) is 4.15. The van der Waals surface area contributed by atoms with Crippen molar-refractivity contribution in [3.63, 3.8) is 0 Å². The van der Waals surface area contributed by atoms with Gasteiger partial charge in [0.15, 0.2) is 0 Å². The summed E-state index contributed by atoms with van der Waals surface area (Å²) >= 11 is 0. The van der Waals surface area contributed by atoms with Crippen molar-refractivity contribution in [2.75, 3.05) is 10.6 Å². The van der Waals surface area contributed by atoms with Crippen LogP contribution in [0.15, 0.2) is 85.2 Å². The minimum absolute atomic E-state index is 0.0676. The number of pyridine rings is 2. The molecule has 2 aromatic carbocycles. The number of benzene rings is 2. The summed E-state index contributed by atoms with van der Waals surface area (Å²) in [5, 5.41) is 7.21. The lowest BCUT2D eigenvalue weighted by Gasteiger charge is -2.09. The van der Waals surface area contributed by atoms with E-state index in [0.29, 0.717) is 17.9 Å². The van der Waals surface area contributed by atoms with Crippen molar-refractivity contribution >= 4 is 34.0 Å². The van der Waals surface area contributed by atoms with Gasteiger partial charge < -0.3 is 10.6 Å². The number of anilines is 3. The number of fused-ring (bicyclic) bond motifs is 1. The number of carbonyl (C=O) groups is 1. The molecule has 0 aliphatic carbocycles. The van der Waals surface area contributed by atoms with Gasteiger partial charge in [-0.05, 0) is 29.8 Å². The first-order chi connectivity index (χ1) is 13.3. The van der Waals surface area contributed by atoms with Gasteiger partial charge >= 0.3 is 0 Å². The van der Waals surface area contributed by atoms with Crippen LogP contribution in [0.4, 0.5) is 17.2 Å². The fourth-order valence-electron chi connectivity index (χ4n) is 2.87. The number of aromatic nitrogens is 2. The fraction of sp³-hybridized carbons (Fsp3) is 0.0455. The molecule has 5 nitrogen and oxygen atoms in total. The number of para-hydroxylation sites is 1. The highest BCUT2D eigenvalue weighted by atomic mass is 16.1. The molecule has 0 saturated heterocycles. The maximum absolute atomic E-state index is 12.1. The van der Waals surface area contributed by atoms with E-state index in [1.165, 1.54) is 0 Å². The zero-order chi connectivity index (χ0) is 18.5. The second kappa shape index (κ2) is 7.66. The van der Waals surface area contributed by atoms with Crippen molar-refractivity contribution in [3.05, 3.63) is 90.8 Å². The van der Waals surface area contributed by atoms with Crippen LogP contribution >= 0.6 is 0 Å². The van der Waals surface area contributed by atoms with Crippen LogP contribution < -0.4 is 10.6 Å². The van der Waals surface area contributed by atoms with Crippen LogP contribution in [0.3, 0.4) is 0 Å². The quantitative estimate of drug-likeness (QED) is 0.551. The third-order valence-electron chi connectivity index (χ3n) is 4.15. The molecule has 4 rings (SSSR count). The van der Waals surface area contributed by atoms with Crippen LogP contribution in [0.2, 0.25) is 0 Å². The largest absolute Gasteiger partial charge is 0.338 e. The maximum Gasteiger partial charge on any atom is 0.228 e. The smallest absolute Gasteiger partial charge is 0.228 e. The van der Waals surface area contributed by atoms with Crippen molar-refractivity contribution in [1.82, 2.24) is 9.97 Å². The van der Waals surface area contributed by atoms with Gasteiger partial charge in [-0.2, -0.15) is 0 Å². The fourth-order valence-corrected chi connectivity index (χ4v) is 2.87. The Labute approximate surface area is 157 Å².